The smallest absolute Gasteiger partial charge is 0.259 e. The molecule has 1 fully saturated rings. The van der Waals surface area contributed by atoms with Gasteiger partial charge in [-0.3, -0.25) is 14.4 Å². The van der Waals surface area contributed by atoms with Gasteiger partial charge in [0.05, 0.1) is 32.2 Å². The molecule has 1 N–H and O–H groups in total. The quantitative estimate of drug-likeness (QED) is 0.485. The Kier molecular flexibility index (Phi) is 9.48. The van der Waals surface area contributed by atoms with Gasteiger partial charge in [-0.05, 0) is 61.2 Å². The number of benzene rings is 2. The highest BCUT2D eigenvalue weighted by Crippen LogP contribution is 2.31. The van der Waals surface area contributed by atoms with Crippen molar-refractivity contribution >= 4 is 17.7 Å². The number of aromatic nitrogens is 1. The van der Waals surface area contributed by atoms with Crippen LogP contribution in [0.2, 0.25) is 0 Å². The standard InChI is InChI=1S/C32H34F2N4O5/c1-2-42-31-25(9-6-12-35-31)32(41)37-13-3-4-14-43-24-8-5-7-21(15-24)26-18-38(19-28(26)36-29(39)20-37)30(40)16-22-10-11-23(33)17-27(22)34/h5-12,15,17,26,28H,2-4,13-14,16,18-20H2,1H3,(H,36,39)/t26-,28+/m1/s1. The number of nitrogens with zero attached hydrogens (tertiary/aromatic N) is 3. The lowest BCUT2D eigenvalue weighted by atomic mass is 9.94. The van der Waals surface area contributed by atoms with Crippen LogP contribution in [0, 0.1) is 11.6 Å². The second-order valence-corrected chi connectivity index (χ2v) is 10.6. The van der Waals surface area contributed by atoms with Gasteiger partial charge in [0.1, 0.15) is 22.9 Å². The lowest BCUT2D eigenvalue weighted by Crippen LogP contribution is -2.47. The molecule has 5 rings (SSSR count). The molecule has 0 aliphatic carbocycles. The van der Waals surface area contributed by atoms with Crippen molar-refractivity contribution in [2.24, 2.45) is 0 Å². The van der Waals surface area contributed by atoms with Crippen molar-refractivity contribution in [2.75, 3.05) is 39.4 Å². The number of halogens is 2. The number of carbonyl (C=O) groups excluding carboxylic acids is 3. The molecule has 11 heteroatoms. The zero-order valence-electron chi connectivity index (χ0n) is 23.9. The van der Waals surface area contributed by atoms with Gasteiger partial charge in [-0.25, -0.2) is 13.8 Å². The summed E-state index contributed by atoms with van der Waals surface area (Å²) >= 11 is 0. The molecule has 9 nitrogen and oxygen atoms in total. The van der Waals surface area contributed by atoms with Crippen LogP contribution in [0.25, 0.3) is 0 Å². The topological polar surface area (TPSA) is 101 Å². The molecule has 3 aromatic rings. The molecule has 0 radical (unpaired) electrons. The maximum absolute atomic E-state index is 14.3. The zero-order valence-corrected chi connectivity index (χ0v) is 23.9. The Morgan fingerprint density at radius 2 is 1.93 bits per heavy atom. The predicted molar refractivity (Wildman–Crippen MR) is 154 cm³/mol. The summed E-state index contributed by atoms with van der Waals surface area (Å²) in [7, 11) is 0. The van der Waals surface area contributed by atoms with Crippen LogP contribution in [0.3, 0.4) is 0 Å². The van der Waals surface area contributed by atoms with E-state index in [0.717, 1.165) is 17.7 Å². The molecule has 2 atom stereocenters. The van der Waals surface area contributed by atoms with Gasteiger partial charge in [-0.1, -0.05) is 18.2 Å². The molecule has 2 aliphatic heterocycles. The van der Waals surface area contributed by atoms with E-state index in [0.29, 0.717) is 38.3 Å². The van der Waals surface area contributed by atoms with Crippen LogP contribution >= 0.6 is 0 Å². The Balaban J connectivity index is 1.38. The summed E-state index contributed by atoms with van der Waals surface area (Å²) in [6.07, 6.45) is 2.58. The minimum absolute atomic E-state index is 0.0974. The molecule has 1 saturated heterocycles. The first-order chi connectivity index (χ1) is 20.8. The van der Waals surface area contributed by atoms with E-state index in [1.807, 2.05) is 24.3 Å². The van der Waals surface area contributed by atoms with E-state index in [2.05, 4.69) is 10.3 Å². The number of pyridine rings is 1. The largest absolute Gasteiger partial charge is 0.494 e. The van der Waals surface area contributed by atoms with Crippen LogP contribution in [0.5, 0.6) is 11.6 Å². The van der Waals surface area contributed by atoms with Crippen LogP contribution in [0.15, 0.2) is 60.8 Å². The van der Waals surface area contributed by atoms with Gasteiger partial charge in [0, 0.05) is 37.8 Å². The van der Waals surface area contributed by atoms with Crippen LogP contribution in [0.4, 0.5) is 8.78 Å². The summed E-state index contributed by atoms with van der Waals surface area (Å²) in [5.74, 6) is -1.97. The minimum atomic E-state index is -0.782. The summed E-state index contributed by atoms with van der Waals surface area (Å²) in [4.78, 5) is 47.5. The number of hydrogen-bond donors (Lipinski definition) is 1. The second kappa shape index (κ2) is 13.6. The van der Waals surface area contributed by atoms with Gasteiger partial charge >= 0.3 is 0 Å². The fourth-order valence-corrected chi connectivity index (χ4v) is 5.51. The molecular weight excluding hydrogens is 558 g/mol. The number of likely N-dealkylation sites (tertiary alicyclic amines) is 1. The first-order valence-corrected chi connectivity index (χ1v) is 14.4. The average molecular weight is 593 g/mol. The molecule has 2 aliphatic rings. The Labute approximate surface area is 248 Å². The van der Waals surface area contributed by atoms with Gasteiger partial charge in [-0.15, -0.1) is 0 Å². The van der Waals surface area contributed by atoms with Gasteiger partial charge in [0.2, 0.25) is 17.7 Å². The third kappa shape index (κ3) is 7.28. The number of hydrogen-bond acceptors (Lipinski definition) is 6. The molecule has 2 aromatic carbocycles. The fraction of sp³-hybridized carbons (Fsp3) is 0.375. The Morgan fingerprint density at radius 3 is 2.74 bits per heavy atom. The summed E-state index contributed by atoms with van der Waals surface area (Å²) in [5, 5.41) is 3.05. The fourth-order valence-electron chi connectivity index (χ4n) is 5.51. The normalized spacial score (nSPS) is 19.1. The van der Waals surface area contributed by atoms with Gasteiger partial charge in [0.15, 0.2) is 0 Å². The van der Waals surface area contributed by atoms with E-state index < -0.39 is 17.7 Å². The molecule has 226 valence electrons. The highest BCUT2D eigenvalue weighted by molar-refractivity contribution is 5.98. The number of carbonyl (C=O) groups is 3. The van der Waals surface area contributed by atoms with E-state index in [4.69, 9.17) is 9.47 Å². The lowest BCUT2D eigenvalue weighted by molar-refractivity contribution is -0.130. The Hall–Kier alpha value is -4.54. The first kappa shape index (κ1) is 29.9. The van der Waals surface area contributed by atoms with Gasteiger partial charge < -0.3 is 24.6 Å². The number of nitrogens with one attached hydrogen (secondary N) is 1. The van der Waals surface area contributed by atoms with Crippen LogP contribution in [0.1, 0.15) is 47.2 Å². The van der Waals surface area contributed by atoms with E-state index in [1.54, 1.807) is 30.2 Å². The predicted octanol–water partition coefficient (Wildman–Crippen LogP) is 3.73. The number of amides is 3. The molecule has 0 saturated carbocycles. The van der Waals surface area contributed by atoms with Crippen molar-refractivity contribution in [3.05, 3.63) is 89.1 Å². The first-order valence-electron chi connectivity index (χ1n) is 14.4. The van der Waals surface area contributed by atoms with E-state index >= 15 is 0 Å². The van der Waals surface area contributed by atoms with Crippen molar-refractivity contribution in [1.82, 2.24) is 20.1 Å². The molecule has 3 amide bonds. The molecule has 0 unspecified atom stereocenters. The SMILES string of the molecule is CCOc1ncccc1C(=O)N1CCCCOc2cccc(c2)[C@H]2CN(C(=O)Cc3ccc(F)cc3F)C[C@@H]2NC(=O)C1. The van der Waals surface area contributed by atoms with Crippen LogP contribution in [-0.4, -0.2) is 77.9 Å². The highest BCUT2D eigenvalue weighted by Gasteiger charge is 2.38. The molecule has 3 heterocycles. The van der Waals surface area contributed by atoms with Crippen molar-refractivity contribution in [3.8, 4) is 11.6 Å². The van der Waals surface area contributed by atoms with E-state index in [9.17, 15) is 23.2 Å². The van der Waals surface area contributed by atoms with Crippen molar-refractivity contribution in [1.29, 1.82) is 0 Å². The zero-order chi connectivity index (χ0) is 30.3. The monoisotopic (exact) mass is 592 g/mol. The summed E-state index contributed by atoms with van der Waals surface area (Å²) in [6, 6.07) is 13.5. The molecule has 1 aromatic heterocycles. The molecular formula is C32H34F2N4O5. The highest BCUT2D eigenvalue weighted by atomic mass is 19.1. The lowest BCUT2D eigenvalue weighted by Gasteiger charge is -2.26. The maximum atomic E-state index is 14.3. The van der Waals surface area contributed by atoms with E-state index in [1.165, 1.54) is 11.0 Å². The number of fused-ring (bicyclic) bond motifs is 4. The minimum Gasteiger partial charge on any atom is -0.494 e. The van der Waals surface area contributed by atoms with Crippen LogP contribution < -0.4 is 14.8 Å². The maximum Gasteiger partial charge on any atom is 0.259 e. The Bertz CT molecular complexity index is 1490. The van der Waals surface area contributed by atoms with Crippen molar-refractivity contribution < 1.29 is 32.6 Å². The molecule has 2 bridgehead atoms. The number of rotatable bonds is 5. The summed E-state index contributed by atoms with van der Waals surface area (Å²) in [6.45, 7) is 3.16. The van der Waals surface area contributed by atoms with Crippen LogP contribution in [-0.2, 0) is 16.0 Å². The third-order valence-corrected chi connectivity index (χ3v) is 7.66. The second-order valence-electron chi connectivity index (χ2n) is 10.6. The summed E-state index contributed by atoms with van der Waals surface area (Å²) in [5.41, 5.74) is 1.25. The molecule has 0 spiro atoms. The third-order valence-electron chi connectivity index (χ3n) is 7.66. The van der Waals surface area contributed by atoms with Gasteiger partial charge in [0.25, 0.3) is 5.91 Å². The van der Waals surface area contributed by atoms with Crippen molar-refractivity contribution in [2.45, 2.75) is 38.1 Å². The van der Waals surface area contributed by atoms with Crippen molar-refractivity contribution in [3.63, 3.8) is 0 Å². The number of ether oxygens (including phenoxy) is 2. The van der Waals surface area contributed by atoms with Gasteiger partial charge in [-0.2, -0.15) is 0 Å². The molecule has 43 heavy (non-hydrogen) atoms. The Morgan fingerprint density at radius 1 is 1.07 bits per heavy atom. The van der Waals surface area contributed by atoms with E-state index in [-0.39, 0.29) is 66.7 Å². The average Bonchev–Trinajstić information content (AvgIpc) is 3.41. The summed E-state index contributed by atoms with van der Waals surface area (Å²) < 4.78 is 39.2.